The van der Waals surface area contributed by atoms with E-state index >= 15 is 0 Å². The Morgan fingerprint density at radius 1 is 1.04 bits per heavy atom. The number of ketones is 1. The lowest BCUT2D eigenvalue weighted by Gasteiger charge is -2.23. The van der Waals surface area contributed by atoms with Crippen LogP contribution in [0.5, 0.6) is 11.5 Å². The minimum absolute atomic E-state index is 0.198. The van der Waals surface area contributed by atoms with Crippen LogP contribution < -0.4 is 14.8 Å². The number of halogens is 3. The largest absolute Gasteiger partial charge is 0.490 e. The molecule has 2 heterocycles. The number of allylic oxidation sites excluding steroid dienone is 1. The molecule has 146 valence electrons. The first-order valence-electron chi connectivity index (χ1n) is 9.02. The van der Waals surface area contributed by atoms with Crippen LogP contribution in [0.3, 0.4) is 0 Å². The normalized spacial score (nSPS) is 17.5. The van der Waals surface area contributed by atoms with Crippen LogP contribution in [-0.4, -0.2) is 25.5 Å². The molecule has 0 spiro atoms. The summed E-state index contributed by atoms with van der Waals surface area (Å²) in [4.78, 5) is 12.6. The molecule has 0 fully saturated rings. The number of ether oxygens (including phenoxy) is 2. The predicted molar refractivity (Wildman–Crippen MR) is 97.5 cm³/mol. The van der Waals surface area contributed by atoms with Gasteiger partial charge < -0.3 is 14.8 Å². The predicted octanol–water partition coefficient (Wildman–Crippen LogP) is 4.24. The smallest absolute Gasteiger partial charge is 0.416 e. The average Bonchev–Trinajstić information content (AvgIpc) is 2.91. The van der Waals surface area contributed by atoms with Crippen molar-refractivity contribution in [2.24, 2.45) is 0 Å². The van der Waals surface area contributed by atoms with Crippen LogP contribution in [0.15, 0.2) is 42.5 Å². The van der Waals surface area contributed by atoms with Gasteiger partial charge >= 0.3 is 6.18 Å². The highest BCUT2D eigenvalue weighted by atomic mass is 19.4. The molecule has 2 aromatic rings. The van der Waals surface area contributed by atoms with E-state index in [0.29, 0.717) is 37.0 Å². The molecule has 0 saturated carbocycles. The SMILES string of the molecule is O=C(/C=C1\NCCc2cc3c(cc21)OCCCO3)c1ccc(C(F)(F)F)cc1. The number of carbonyl (C=O) groups excluding carboxylic acids is 1. The minimum Gasteiger partial charge on any atom is -0.490 e. The number of fused-ring (bicyclic) bond motifs is 2. The van der Waals surface area contributed by atoms with Crippen LogP contribution in [0.1, 0.15) is 33.5 Å². The zero-order valence-corrected chi connectivity index (χ0v) is 14.9. The molecule has 0 aromatic heterocycles. The Balaban J connectivity index is 1.64. The number of alkyl halides is 3. The third kappa shape index (κ3) is 3.69. The fourth-order valence-electron chi connectivity index (χ4n) is 3.30. The molecule has 0 bridgehead atoms. The van der Waals surface area contributed by atoms with Crippen LogP contribution in [-0.2, 0) is 12.6 Å². The highest BCUT2D eigenvalue weighted by Gasteiger charge is 2.30. The number of nitrogens with one attached hydrogen (secondary N) is 1. The van der Waals surface area contributed by atoms with Crippen molar-refractivity contribution in [3.8, 4) is 11.5 Å². The first-order chi connectivity index (χ1) is 13.4. The molecule has 2 aliphatic rings. The number of rotatable bonds is 2. The van der Waals surface area contributed by atoms with Crippen molar-refractivity contribution in [2.75, 3.05) is 19.8 Å². The van der Waals surface area contributed by atoms with Gasteiger partial charge in [-0.15, -0.1) is 0 Å². The number of carbonyl (C=O) groups is 1. The van der Waals surface area contributed by atoms with E-state index in [9.17, 15) is 18.0 Å². The molecule has 2 aliphatic heterocycles. The van der Waals surface area contributed by atoms with Crippen molar-refractivity contribution in [3.63, 3.8) is 0 Å². The van der Waals surface area contributed by atoms with Crippen molar-refractivity contribution in [1.82, 2.24) is 5.32 Å². The lowest BCUT2D eigenvalue weighted by atomic mass is 9.95. The van der Waals surface area contributed by atoms with Gasteiger partial charge in [0.1, 0.15) is 0 Å². The Labute approximate surface area is 160 Å². The van der Waals surface area contributed by atoms with Gasteiger partial charge in [-0.25, -0.2) is 0 Å². The van der Waals surface area contributed by atoms with E-state index in [1.54, 1.807) is 0 Å². The Morgan fingerprint density at radius 2 is 1.71 bits per heavy atom. The molecule has 0 atom stereocenters. The summed E-state index contributed by atoms with van der Waals surface area (Å²) in [7, 11) is 0. The zero-order valence-electron chi connectivity index (χ0n) is 14.9. The molecule has 1 N–H and O–H groups in total. The summed E-state index contributed by atoms with van der Waals surface area (Å²) < 4.78 is 49.5. The van der Waals surface area contributed by atoms with Gasteiger partial charge in [-0.2, -0.15) is 13.2 Å². The zero-order chi connectivity index (χ0) is 19.7. The molecule has 0 unspecified atom stereocenters. The third-order valence-corrected chi connectivity index (χ3v) is 4.75. The number of benzene rings is 2. The van der Waals surface area contributed by atoms with E-state index in [1.807, 2.05) is 12.1 Å². The Hall–Kier alpha value is -2.96. The molecule has 4 nitrogen and oxygen atoms in total. The average molecular weight is 389 g/mol. The first-order valence-corrected chi connectivity index (χ1v) is 9.02. The molecule has 0 radical (unpaired) electrons. The third-order valence-electron chi connectivity index (χ3n) is 4.75. The summed E-state index contributed by atoms with van der Waals surface area (Å²) in [6, 6.07) is 8.01. The van der Waals surface area contributed by atoms with Gasteiger partial charge in [-0.1, -0.05) is 12.1 Å². The Kier molecular flexibility index (Phi) is 4.75. The maximum atomic E-state index is 12.7. The summed E-state index contributed by atoms with van der Waals surface area (Å²) in [5.41, 5.74) is 1.92. The number of hydrogen-bond acceptors (Lipinski definition) is 4. The van der Waals surface area contributed by atoms with Gasteiger partial charge in [-0.05, 0) is 36.2 Å². The van der Waals surface area contributed by atoms with E-state index in [2.05, 4.69) is 5.32 Å². The van der Waals surface area contributed by atoms with Crippen molar-refractivity contribution in [2.45, 2.75) is 19.0 Å². The van der Waals surface area contributed by atoms with Crippen molar-refractivity contribution < 1.29 is 27.4 Å². The van der Waals surface area contributed by atoms with Crippen LogP contribution in [0, 0.1) is 0 Å². The van der Waals surface area contributed by atoms with Gasteiger partial charge in [0, 0.05) is 35.9 Å². The molecule has 0 amide bonds. The highest BCUT2D eigenvalue weighted by molar-refractivity contribution is 6.08. The van der Waals surface area contributed by atoms with E-state index < -0.39 is 11.7 Å². The number of hydrogen-bond donors (Lipinski definition) is 1. The fraction of sp³-hybridized carbons (Fsp3) is 0.286. The van der Waals surface area contributed by atoms with Crippen molar-refractivity contribution >= 4 is 11.5 Å². The van der Waals surface area contributed by atoms with Crippen molar-refractivity contribution in [1.29, 1.82) is 0 Å². The van der Waals surface area contributed by atoms with Crippen LogP contribution in [0.2, 0.25) is 0 Å². The summed E-state index contributed by atoms with van der Waals surface area (Å²) in [5, 5.41) is 3.20. The van der Waals surface area contributed by atoms with Crippen molar-refractivity contribution in [3.05, 3.63) is 64.7 Å². The lowest BCUT2D eigenvalue weighted by Crippen LogP contribution is -2.23. The molecule has 4 rings (SSSR count). The maximum absolute atomic E-state index is 12.7. The second-order valence-electron chi connectivity index (χ2n) is 6.68. The van der Waals surface area contributed by atoms with Crippen LogP contribution in [0.4, 0.5) is 13.2 Å². The Bertz CT molecular complexity index is 933. The molecule has 2 aromatic carbocycles. The molecule has 7 heteroatoms. The molecule has 28 heavy (non-hydrogen) atoms. The molecule has 0 saturated heterocycles. The summed E-state index contributed by atoms with van der Waals surface area (Å²) in [6.45, 7) is 1.81. The molecular weight excluding hydrogens is 371 g/mol. The van der Waals surface area contributed by atoms with E-state index in [-0.39, 0.29) is 11.3 Å². The summed E-state index contributed by atoms with van der Waals surface area (Å²) in [5.74, 6) is 0.968. The summed E-state index contributed by atoms with van der Waals surface area (Å²) >= 11 is 0. The van der Waals surface area contributed by atoms with Gasteiger partial charge in [0.25, 0.3) is 0 Å². The highest BCUT2D eigenvalue weighted by Crippen LogP contribution is 2.36. The second kappa shape index (κ2) is 7.22. The van der Waals surface area contributed by atoms with Crippen LogP contribution >= 0.6 is 0 Å². The Morgan fingerprint density at radius 3 is 2.39 bits per heavy atom. The first kappa shape index (κ1) is 18.4. The fourth-order valence-corrected chi connectivity index (χ4v) is 3.30. The maximum Gasteiger partial charge on any atom is 0.416 e. The quantitative estimate of drug-likeness (QED) is 0.617. The van der Waals surface area contributed by atoms with Crippen LogP contribution in [0.25, 0.3) is 5.70 Å². The van der Waals surface area contributed by atoms with Gasteiger partial charge in [0.05, 0.1) is 18.8 Å². The molecular formula is C21H18F3NO3. The minimum atomic E-state index is -4.43. The van der Waals surface area contributed by atoms with Gasteiger partial charge in [0.15, 0.2) is 17.3 Å². The molecule has 0 aliphatic carbocycles. The second-order valence-corrected chi connectivity index (χ2v) is 6.68. The summed E-state index contributed by atoms with van der Waals surface area (Å²) in [6.07, 6.45) is -1.43. The van der Waals surface area contributed by atoms with E-state index in [4.69, 9.17) is 9.47 Å². The van der Waals surface area contributed by atoms with Gasteiger partial charge in [-0.3, -0.25) is 4.79 Å². The van der Waals surface area contributed by atoms with E-state index in [1.165, 1.54) is 18.2 Å². The van der Waals surface area contributed by atoms with Gasteiger partial charge in [0.2, 0.25) is 0 Å². The monoisotopic (exact) mass is 389 g/mol. The van der Waals surface area contributed by atoms with E-state index in [0.717, 1.165) is 36.1 Å². The standard InChI is InChI=1S/C21H18F3NO3/c22-21(23,24)15-4-2-13(3-5-15)18(26)12-17-16-11-20-19(27-8-1-9-28-20)10-14(16)6-7-25-17/h2-5,10-12,25H,1,6-9H2/b17-12-. The lowest BCUT2D eigenvalue weighted by molar-refractivity contribution is -0.137. The topological polar surface area (TPSA) is 47.6 Å².